The first-order chi connectivity index (χ1) is 20.7. The van der Waals surface area contributed by atoms with Crippen LogP contribution >= 0.6 is 0 Å². The van der Waals surface area contributed by atoms with Crippen LogP contribution in [0.15, 0.2) is 30.9 Å². The number of halogens is 3. The van der Waals surface area contributed by atoms with Crippen LogP contribution in [0.3, 0.4) is 0 Å². The van der Waals surface area contributed by atoms with Crippen molar-refractivity contribution >= 4 is 11.0 Å². The van der Waals surface area contributed by atoms with Crippen molar-refractivity contribution in [1.82, 2.24) is 34.5 Å². The van der Waals surface area contributed by atoms with Crippen molar-refractivity contribution < 1.29 is 17.9 Å². The summed E-state index contributed by atoms with van der Waals surface area (Å²) in [6.45, 7) is 10.4. The average molecular weight is 596 g/mol. The summed E-state index contributed by atoms with van der Waals surface area (Å²) in [6.07, 6.45) is 7.00. The number of alkyl halides is 3. The van der Waals surface area contributed by atoms with Crippen LogP contribution in [0.2, 0.25) is 0 Å². The Bertz CT molecular complexity index is 1630. The second kappa shape index (κ2) is 10.7. The van der Waals surface area contributed by atoms with E-state index in [0.717, 1.165) is 35.2 Å². The predicted molar refractivity (Wildman–Crippen MR) is 158 cm³/mol. The maximum Gasteiger partial charge on any atom is 0.395 e. The van der Waals surface area contributed by atoms with Gasteiger partial charge in [-0.15, -0.1) is 0 Å². The third kappa shape index (κ3) is 4.84. The SMILES string of the molecule is CC.CC.Cc1nc2nc(C3CCOC(c4cnn(C5CC5)c4)C3)nc(C34CC3(C(F)(F)F)C4)c2cc1-c1cnn(C)c1. The van der Waals surface area contributed by atoms with E-state index in [0.29, 0.717) is 48.0 Å². The molecule has 0 amide bonds. The molecule has 1 saturated heterocycles. The third-order valence-corrected chi connectivity index (χ3v) is 9.34. The minimum atomic E-state index is -4.25. The van der Waals surface area contributed by atoms with Gasteiger partial charge in [0, 0.05) is 65.2 Å². The number of rotatable bonds is 5. The van der Waals surface area contributed by atoms with Crippen LogP contribution in [0.1, 0.15) is 107 Å². The lowest BCUT2D eigenvalue weighted by Gasteiger charge is -2.28. The molecule has 4 aromatic rings. The Labute approximate surface area is 250 Å². The van der Waals surface area contributed by atoms with Crippen LogP contribution in [-0.4, -0.2) is 47.3 Å². The number of hydrogen-bond acceptors (Lipinski definition) is 6. The summed E-state index contributed by atoms with van der Waals surface area (Å²) in [5, 5.41) is 9.38. The molecule has 1 aliphatic heterocycles. The Morgan fingerprint density at radius 2 is 1.70 bits per heavy atom. The van der Waals surface area contributed by atoms with Gasteiger partial charge in [-0.3, -0.25) is 9.36 Å². The molecule has 4 aliphatic rings. The lowest BCUT2D eigenvalue weighted by molar-refractivity contribution is -0.167. The highest BCUT2D eigenvalue weighted by atomic mass is 19.4. The van der Waals surface area contributed by atoms with Gasteiger partial charge in [0.15, 0.2) is 5.65 Å². The fourth-order valence-corrected chi connectivity index (χ4v) is 6.64. The first kappa shape index (κ1) is 29.7. The Morgan fingerprint density at radius 3 is 2.33 bits per heavy atom. The summed E-state index contributed by atoms with van der Waals surface area (Å²) in [5.74, 6) is 0.538. The molecule has 0 spiro atoms. The van der Waals surface area contributed by atoms with E-state index in [-0.39, 0.29) is 24.9 Å². The number of nitrogens with zero attached hydrogens (tertiary/aromatic N) is 7. The zero-order valence-electron chi connectivity index (χ0n) is 25.7. The van der Waals surface area contributed by atoms with Crippen molar-refractivity contribution in [2.24, 2.45) is 12.5 Å². The highest BCUT2D eigenvalue weighted by Crippen LogP contribution is 2.90. The number of aromatic nitrogens is 7. The number of ether oxygens (including phenoxy) is 1. The molecule has 0 radical (unpaired) electrons. The average Bonchev–Trinajstić information content (AvgIpc) is 3.95. The molecule has 2 unspecified atom stereocenters. The van der Waals surface area contributed by atoms with Gasteiger partial charge in [0.05, 0.1) is 35.6 Å². The summed E-state index contributed by atoms with van der Waals surface area (Å²) in [4.78, 5) is 14.6. The molecule has 8 nitrogen and oxygen atoms in total. The predicted octanol–water partition coefficient (Wildman–Crippen LogP) is 7.55. The van der Waals surface area contributed by atoms with Crippen LogP contribution in [0, 0.1) is 12.3 Å². The van der Waals surface area contributed by atoms with E-state index < -0.39 is 17.0 Å². The summed E-state index contributed by atoms with van der Waals surface area (Å²) >= 11 is 0. The van der Waals surface area contributed by atoms with Gasteiger partial charge in [-0.1, -0.05) is 27.7 Å². The van der Waals surface area contributed by atoms with E-state index in [1.165, 1.54) is 0 Å². The molecule has 4 aromatic heterocycles. The molecule has 11 heteroatoms. The first-order valence-corrected chi connectivity index (χ1v) is 15.6. The van der Waals surface area contributed by atoms with Crippen LogP contribution in [0.4, 0.5) is 13.2 Å². The molecular formula is C32H40F3N7O. The Balaban J connectivity index is 0.000000792. The maximum atomic E-state index is 14.1. The number of fused-ring (bicyclic) bond motifs is 2. The minimum absolute atomic E-state index is 0.0366. The summed E-state index contributed by atoms with van der Waals surface area (Å²) in [5.41, 5.74) is 1.83. The van der Waals surface area contributed by atoms with Gasteiger partial charge < -0.3 is 4.74 Å². The maximum absolute atomic E-state index is 14.1. The van der Waals surface area contributed by atoms with Crippen LogP contribution in [0.5, 0.6) is 0 Å². The smallest absolute Gasteiger partial charge is 0.373 e. The highest BCUT2D eigenvalue weighted by molar-refractivity contribution is 5.86. The van der Waals surface area contributed by atoms with E-state index in [1.54, 1.807) is 10.9 Å². The van der Waals surface area contributed by atoms with Crippen LogP contribution in [0.25, 0.3) is 22.2 Å². The van der Waals surface area contributed by atoms with Gasteiger partial charge in [0.2, 0.25) is 0 Å². The molecule has 2 atom stereocenters. The molecular weight excluding hydrogens is 555 g/mol. The fraction of sp³-hybridized carbons (Fsp3) is 0.594. The lowest BCUT2D eigenvalue weighted by atomic mass is 9.91. The van der Waals surface area contributed by atoms with Crippen molar-refractivity contribution in [2.75, 3.05) is 6.61 Å². The zero-order chi connectivity index (χ0) is 30.7. The Morgan fingerprint density at radius 1 is 0.953 bits per heavy atom. The molecule has 5 heterocycles. The summed E-state index contributed by atoms with van der Waals surface area (Å²) in [6, 6.07) is 2.40. The van der Waals surface area contributed by atoms with Gasteiger partial charge in [-0.2, -0.15) is 23.4 Å². The number of pyridine rings is 1. The quantitative estimate of drug-likeness (QED) is 0.237. The first-order valence-electron chi connectivity index (χ1n) is 15.6. The molecule has 43 heavy (non-hydrogen) atoms. The standard InChI is InChI=1S/C28H28F3N7O.2C2H6/c1-15-20(17-9-32-37(2)11-17)8-21-23(26-13-27(26,14-26)28(29,30)31)35-24(36-25(21)34-15)16-5-6-39-22(7-16)18-10-33-38(12-18)19-3-4-19;2*1-2/h8-12,16,19,22H,3-7,13-14H2,1-2H3;2*1-2H3. The number of aryl methyl sites for hydroxylation is 2. The van der Waals surface area contributed by atoms with Crippen molar-refractivity contribution in [3.05, 3.63) is 53.6 Å². The van der Waals surface area contributed by atoms with E-state index in [9.17, 15) is 13.2 Å². The van der Waals surface area contributed by atoms with Gasteiger partial charge in [-0.25, -0.2) is 15.0 Å². The highest BCUT2D eigenvalue weighted by Gasteiger charge is 2.94. The van der Waals surface area contributed by atoms with Crippen LogP contribution in [-0.2, 0) is 17.2 Å². The van der Waals surface area contributed by atoms with E-state index in [2.05, 4.69) is 16.4 Å². The normalized spacial score (nSPS) is 27.5. The molecule has 3 saturated carbocycles. The summed E-state index contributed by atoms with van der Waals surface area (Å²) in [7, 11) is 1.83. The van der Waals surface area contributed by atoms with Gasteiger partial charge in [0.1, 0.15) is 5.82 Å². The second-order valence-corrected chi connectivity index (χ2v) is 11.9. The van der Waals surface area contributed by atoms with Crippen molar-refractivity contribution in [2.45, 2.75) is 103 Å². The Kier molecular flexibility index (Phi) is 7.38. The molecule has 230 valence electrons. The van der Waals surface area contributed by atoms with Gasteiger partial charge >= 0.3 is 6.18 Å². The van der Waals surface area contributed by atoms with E-state index >= 15 is 0 Å². The van der Waals surface area contributed by atoms with Crippen molar-refractivity contribution in [1.29, 1.82) is 0 Å². The van der Waals surface area contributed by atoms with E-state index in [4.69, 9.17) is 19.7 Å². The Hall–Kier alpha value is -3.34. The van der Waals surface area contributed by atoms with Crippen molar-refractivity contribution in [3.63, 3.8) is 0 Å². The molecule has 3 aliphatic carbocycles. The monoisotopic (exact) mass is 595 g/mol. The molecule has 8 rings (SSSR count). The number of hydrogen-bond donors (Lipinski definition) is 0. The van der Waals surface area contributed by atoms with Crippen molar-refractivity contribution in [3.8, 4) is 11.1 Å². The van der Waals surface area contributed by atoms with Gasteiger partial charge in [0.25, 0.3) is 0 Å². The second-order valence-electron chi connectivity index (χ2n) is 11.9. The molecule has 0 bridgehead atoms. The largest absolute Gasteiger partial charge is 0.395 e. The molecule has 4 fully saturated rings. The van der Waals surface area contributed by atoms with E-state index in [1.807, 2.05) is 64.8 Å². The molecule has 0 N–H and O–H groups in total. The lowest BCUT2D eigenvalue weighted by Crippen LogP contribution is -2.21. The minimum Gasteiger partial charge on any atom is -0.373 e. The topological polar surface area (TPSA) is 83.5 Å². The third-order valence-electron chi connectivity index (χ3n) is 9.34. The zero-order valence-corrected chi connectivity index (χ0v) is 25.7. The fourth-order valence-electron chi connectivity index (χ4n) is 6.64. The summed E-state index contributed by atoms with van der Waals surface area (Å²) < 4.78 is 52.0. The van der Waals surface area contributed by atoms with Gasteiger partial charge in [-0.05, 0) is 51.5 Å². The van der Waals surface area contributed by atoms with Crippen LogP contribution < -0.4 is 0 Å². The molecule has 0 aromatic carbocycles.